The molecule has 0 saturated heterocycles. The van der Waals surface area contributed by atoms with Crippen LogP contribution in [-0.2, 0) is 0 Å². The van der Waals surface area contributed by atoms with E-state index in [1.54, 1.807) is 12.1 Å². The highest BCUT2D eigenvalue weighted by Crippen LogP contribution is 2.17. The molecule has 0 aliphatic heterocycles. The number of nitrogens with one attached hydrogen (secondary N) is 1. The third-order valence-corrected chi connectivity index (χ3v) is 2.57. The average Bonchev–Trinajstić information content (AvgIpc) is 2.30. The van der Waals surface area contributed by atoms with Gasteiger partial charge in [-0.15, -0.1) is 11.6 Å². The number of carbonyl (C=O) groups is 1. The van der Waals surface area contributed by atoms with Gasteiger partial charge in [0.25, 0.3) is 5.91 Å². The van der Waals surface area contributed by atoms with E-state index < -0.39 is 0 Å². The van der Waals surface area contributed by atoms with Gasteiger partial charge in [-0.2, -0.15) is 0 Å². The minimum atomic E-state index is -0.119. The van der Waals surface area contributed by atoms with Gasteiger partial charge in [0.15, 0.2) is 0 Å². The normalized spacial score (nSPS) is 11.9. The van der Waals surface area contributed by atoms with Crippen molar-refractivity contribution in [1.29, 1.82) is 0 Å². The van der Waals surface area contributed by atoms with Gasteiger partial charge in [0.05, 0.1) is 12.2 Å². The first-order valence-corrected chi connectivity index (χ1v) is 6.31. The van der Waals surface area contributed by atoms with E-state index in [1.165, 1.54) is 0 Å². The second-order valence-electron chi connectivity index (χ2n) is 3.78. The fourth-order valence-electron chi connectivity index (χ4n) is 1.47. The van der Waals surface area contributed by atoms with Gasteiger partial charge in [-0.05, 0) is 32.4 Å². The minimum absolute atomic E-state index is 0.0645. The van der Waals surface area contributed by atoms with Gasteiger partial charge in [0, 0.05) is 11.9 Å². The predicted octanol–water partition coefficient (Wildman–Crippen LogP) is 2.83. The van der Waals surface area contributed by atoms with E-state index >= 15 is 0 Å². The van der Waals surface area contributed by atoms with Crippen molar-refractivity contribution in [2.45, 2.75) is 26.3 Å². The molecule has 1 atom stereocenters. The van der Waals surface area contributed by atoms with Crippen LogP contribution in [0.25, 0.3) is 0 Å². The molecule has 0 radical (unpaired) electrons. The molecule has 0 saturated carbocycles. The van der Waals surface area contributed by atoms with Crippen molar-refractivity contribution in [1.82, 2.24) is 5.32 Å². The van der Waals surface area contributed by atoms with Gasteiger partial charge < -0.3 is 10.1 Å². The Labute approximate surface area is 107 Å². The quantitative estimate of drug-likeness (QED) is 0.794. The number of hydrogen-bond donors (Lipinski definition) is 1. The lowest BCUT2D eigenvalue weighted by molar-refractivity contribution is 0.0935. The Bertz CT molecular complexity index is 368. The maximum Gasteiger partial charge on any atom is 0.255 e. The molecule has 0 aromatic heterocycles. The van der Waals surface area contributed by atoms with Gasteiger partial charge in [0.2, 0.25) is 0 Å². The predicted molar refractivity (Wildman–Crippen MR) is 69.9 cm³/mol. The van der Waals surface area contributed by atoms with Crippen LogP contribution >= 0.6 is 11.6 Å². The number of benzene rings is 1. The highest BCUT2D eigenvalue weighted by molar-refractivity contribution is 6.17. The lowest BCUT2D eigenvalue weighted by atomic mass is 10.1. The van der Waals surface area contributed by atoms with Crippen LogP contribution in [0.5, 0.6) is 5.75 Å². The first-order chi connectivity index (χ1) is 8.19. The number of rotatable bonds is 6. The standard InChI is InChI=1S/C13H18ClNO2/c1-3-17-12-7-5-4-6-11(12)13(16)15-10(2)8-9-14/h4-7,10H,3,8-9H2,1-2H3,(H,15,16). The van der Waals surface area contributed by atoms with Crippen LogP contribution in [0.2, 0.25) is 0 Å². The molecule has 3 nitrogen and oxygen atoms in total. The monoisotopic (exact) mass is 255 g/mol. The Kier molecular flexibility index (Phi) is 5.84. The molecule has 1 amide bonds. The van der Waals surface area contributed by atoms with Gasteiger partial charge in [-0.3, -0.25) is 4.79 Å². The third-order valence-electron chi connectivity index (χ3n) is 2.35. The van der Waals surface area contributed by atoms with Gasteiger partial charge in [-0.25, -0.2) is 0 Å². The van der Waals surface area contributed by atoms with Crippen molar-refractivity contribution in [3.63, 3.8) is 0 Å². The van der Waals surface area contributed by atoms with Crippen molar-refractivity contribution >= 4 is 17.5 Å². The number of para-hydroxylation sites is 1. The molecule has 0 bridgehead atoms. The molecule has 0 fully saturated rings. The summed E-state index contributed by atoms with van der Waals surface area (Å²) in [6.07, 6.45) is 0.754. The highest BCUT2D eigenvalue weighted by Gasteiger charge is 2.13. The molecule has 0 heterocycles. The zero-order valence-corrected chi connectivity index (χ0v) is 11.0. The summed E-state index contributed by atoms with van der Waals surface area (Å²) in [6.45, 7) is 4.37. The zero-order valence-electron chi connectivity index (χ0n) is 10.2. The smallest absolute Gasteiger partial charge is 0.255 e. The van der Waals surface area contributed by atoms with Crippen molar-refractivity contribution in [2.24, 2.45) is 0 Å². The molecule has 0 aliphatic carbocycles. The lowest BCUT2D eigenvalue weighted by Gasteiger charge is -2.14. The van der Waals surface area contributed by atoms with Crippen molar-refractivity contribution in [3.8, 4) is 5.75 Å². The van der Waals surface area contributed by atoms with Crippen LogP contribution in [0.4, 0.5) is 0 Å². The van der Waals surface area contributed by atoms with Crippen LogP contribution < -0.4 is 10.1 Å². The van der Waals surface area contributed by atoms with Crippen molar-refractivity contribution in [3.05, 3.63) is 29.8 Å². The highest BCUT2D eigenvalue weighted by atomic mass is 35.5. The fraction of sp³-hybridized carbons (Fsp3) is 0.462. The minimum Gasteiger partial charge on any atom is -0.493 e. The van der Waals surface area contributed by atoms with Crippen molar-refractivity contribution in [2.75, 3.05) is 12.5 Å². The van der Waals surface area contributed by atoms with E-state index in [4.69, 9.17) is 16.3 Å². The second-order valence-corrected chi connectivity index (χ2v) is 4.16. The van der Waals surface area contributed by atoms with Gasteiger partial charge >= 0.3 is 0 Å². The summed E-state index contributed by atoms with van der Waals surface area (Å²) in [5, 5.41) is 2.89. The maximum atomic E-state index is 12.0. The van der Waals surface area contributed by atoms with Crippen LogP contribution in [0, 0.1) is 0 Å². The average molecular weight is 256 g/mol. The first-order valence-electron chi connectivity index (χ1n) is 5.77. The van der Waals surface area contributed by atoms with Crippen LogP contribution in [0.15, 0.2) is 24.3 Å². The number of ether oxygens (including phenoxy) is 1. The molecule has 1 aromatic carbocycles. The van der Waals surface area contributed by atoms with E-state index in [0.717, 1.165) is 6.42 Å². The molecule has 94 valence electrons. The second kappa shape index (κ2) is 7.17. The Balaban J connectivity index is 2.74. The molecule has 1 N–H and O–H groups in total. The van der Waals surface area contributed by atoms with Gasteiger partial charge in [-0.1, -0.05) is 12.1 Å². The van der Waals surface area contributed by atoms with E-state index in [9.17, 15) is 4.79 Å². The summed E-state index contributed by atoms with van der Waals surface area (Å²) in [7, 11) is 0. The first kappa shape index (κ1) is 13.8. The molecule has 1 unspecified atom stereocenters. The van der Waals surface area contributed by atoms with Gasteiger partial charge in [0.1, 0.15) is 5.75 Å². The molecule has 0 spiro atoms. The van der Waals surface area contributed by atoms with Crippen LogP contribution in [-0.4, -0.2) is 24.4 Å². The summed E-state index contributed by atoms with van der Waals surface area (Å²) in [5.41, 5.74) is 0.566. The van der Waals surface area contributed by atoms with Crippen LogP contribution in [0.3, 0.4) is 0 Å². The molecule has 1 aromatic rings. The molecule has 0 aliphatic rings. The van der Waals surface area contributed by atoms with Crippen LogP contribution in [0.1, 0.15) is 30.6 Å². The summed E-state index contributed by atoms with van der Waals surface area (Å²) in [4.78, 5) is 12.0. The Morgan fingerprint density at radius 2 is 2.18 bits per heavy atom. The topological polar surface area (TPSA) is 38.3 Å². The third kappa shape index (κ3) is 4.27. The number of halogens is 1. The van der Waals surface area contributed by atoms with E-state index in [0.29, 0.717) is 23.8 Å². The Morgan fingerprint density at radius 3 is 2.82 bits per heavy atom. The molecular weight excluding hydrogens is 238 g/mol. The number of amides is 1. The van der Waals surface area contributed by atoms with Crippen molar-refractivity contribution < 1.29 is 9.53 Å². The summed E-state index contributed by atoms with van der Waals surface area (Å²) >= 11 is 5.63. The lowest BCUT2D eigenvalue weighted by Crippen LogP contribution is -2.33. The largest absolute Gasteiger partial charge is 0.493 e. The SMILES string of the molecule is CCOc1ccccc1C(=O)NC(C)CCCl. The molecule has 4 heteroatoms. The Morgan fingerprint density at radius 1 is 1.47 bits per heavy atom. The maximum absolute atomic E-state index is 12.0. The number of alkyl halides is 1. The van der Waals surface area contributed by atoms with E-state index in [2.05, 4.69) is 5.32 Å². The molecular formula is C13H18ClNO2. The Hall–Kier alpha value is -1.22. The fourth-order valence-corrected chi connectivity index (χ4v) is 1.80. The zero-order chi connectivity index (χ0) is 12.7. The molecule has 17 heavy (non-hydrogen) atoms. The summed E-state index contributed by atoms with van der Waals surface area (Å²) in [5.74, 6) is 1.03. The molecule has 1 rings (SSSR count). The number of hydrogen-bond acceptors (Lipinski definition) is 2. The number of carbonyl (C=O) groups excluding carboxylic acids is 1. The summed E-state index contributed by atoms with van der Waals surface area (Å²) < 4.78 is 5.41. The van der Waals surface area contributed by atoms with E-state index in [1.807, 2.05) is 26.0 Å². The van der Waals surface area contributed by atoms with E-state index in [-0.39, 0.29) is 11.9 Å². The summed E-state index contributed by atoms with van der Waals surface area (Å²) in [6, 6.07) is 7.29.